The van der Waals surface area contributed by atoms with Gasteiger partial charge in [0.1, 0.15) is 5.78 Å². The lowest BCUT2D eigenvalue weighted by atomic mass is 9.77. The maximum absolute atomic E-state index is 11.0. The molecule has 2 unspecified atom stereocenters. The second kappa shape index (κ2) is 9.33. The number of ketones is 1. The number of nitrogens with zero attached hydrogens (tertiary/aromatic N) is 1. The minimum Gasteiger partial charge on any atom is -0.300 e. The van der Waals surface area contributed by atoms with Crippen LogP contribution in [0.15, 0.2) is 0 Å². The Hall–Kier alpha value is -0.840. The van der Waals surface area contributed by atoms with Crippen molar-refractivity contribution in [3.63, 3.8) is 0 Å². The molecule has 0 aromatic heterocycles. The molecule has 2 saturated carbocycles. The normalized spacial score (nSPS) is 31.5. The van der Waals surface area contributed by atoms with Crippen LogP contribution in [0.1, 0.15) is 79.6 Å². The third kappa shape index (κ3) is 6.11. The Balaban J connectivity index is 0.000000220. The summed E-state index contributed by atoms with van der Waals surface area (Å²) in [6.07, 6.45) is 8.37. The molecule has 2 atom stereocenters. The van der Waals surface area contributed by atoms with Crippen molar-refractivity contribution in [2.45, 2.75) is 79.6 Å². The highest BCUT2D eigenvalue weighted by Crippen LogP contribution is 2.35. The van der Waals surface area contributed by atoms with Crippen LogP contribution in [-0.2, 0) is 4.79 Å². The predicted octanol–water partition coefficient (Wildman–Crippen LogP) is 5.62. The van der Waals surface area contributed by atoms with E-state index in [9.17, 15) is 4.79 Å². The van der Waals surface area contributed by atoms with Crippen molar-refractivity contribution >= 4 is 5.78 Å². The van der Waals surface area contributed by atoms with Crippen molar-refractivity contribution in [1.29, 1.82) is 5.26 Å². The molecule has 22 heavy (non-hydrogen) atoms. The molecular formula is C20H35NO. The highest BCUT2D eigenvalue weighted by molar-refractivity contribution is 5.78. The highest BCUT2D eigenvalue weighted by atomic mass is 16.1. The summed E-state index contributed by atoms with van der Waals surface area (Å²) in [5.74, 6) is 4.43. The van der Waals surface area contributed by atoms with Gasteiger partial charge in [0.05, 0.1) is 6.07 Å². The molecule has 0 radical (unpaired) electrons. The summed E-state index contributed by atoms with van der Waals surface area (Å²) >= 11 is 0. The van der Waals surface area contributed by atoms with Crippen LogP contribution in [0.5, 0.6) is 0 Å². The molecule has 2 aliphatic rings. The first kappa shape index (κ1) is 19.2. The van der Waals surface area contributed by atoms with Crippen molar-refractivity contribution in [2.75, 3.05) is 0 Å². The van der Waals surface area contributed by atoms with Gasteiger partial charge in [-0.15, -0.1) is 0 Å². The van der Waals surface area contributed by atoms with Crippen molar-refractivity contribution in [3.8, 4) is 6.07 Å². The Bertz CT molecular complexity index is 372. The molecule has 126 valence electrons. The van der Waals surface area contributed by atoms with Gasteiger partial charge in [0.25, 0.3) is 0 Å². The molecule has 2 rings (SSSR count). The van der Waals surface area contributed by atoms with Gasteiger partial charge in [0, 0.05) is 11.8 Å². The van der Waals surface area contributed by atoms with E-state index in [1.54, 1.807) is 6.92 Å². The van der Waals surface area contributed by atoms with E-state index in [0.29, 0.717) is 17.6 Å². The van der Waals surface area contributed by atoms with E-state index in [1.807, 2.05) is 0 Å². The molecular weight excluding hydrogens is 270 g/mol. The van der Waals surface area contributed by atoms with Crippen LogP contribution >= 0.6 is 0 Å². The van der Waals surface area contributed by atoms with E-state index in [0.717, 1.165) is 49.4 Å². The van der Waals surface area contributed by atoms with Gasteiger partial charge in [0.15, 0.2) is 0 Å². The summed E-state index contributed by atoms with van der Waals surface area (Å²) in [6.45, 7) is 10.8. The molecule has 0 heterocycles. The number of nitriles is 1. The van der Waals surface area contributed by atoms with Crippen molar-refractivity contribution in [2.24, 2.45) is 35.5 Å². The van der Waals surface area contributed by atoms with E-state index in [2.05, 4.69) is 33.8 Å². The molecule has 0 bridgehead atoms. The van der Waals surface area contributed by atoms with Gasteiger partial charge in [-0.05, 0) is 75.5 Å². The molecule has 0 N–H and O–H groups in total. The average Bonchev–Trinajstić information content (AvgIpc) is 2.98. The SMILES string of the molecule is CC(=O)C1CCC(C(C)C)C1.CC(C)C1CCC(C#N)CC1. The Morgan fingerprint density at radius 3 is 1.73 bits per heavy atom. The zero-order valence-corrected chi connectivity index (χ0v) is 15.3. The van der Waals surface area contributed by atoms with E-state index in [4.69, 9.17) is 5.26 Å². The summed E-state index contributed by atoms with van der Waals surface area (Å²) in [5, 5.41) is 8.67. The van der Waals surface area contributed by atoms with Crippen LogP contribution in [0, 0.1) is 46.8 Å². The number of Topliss-reactive ketones (excluding diaryl/α,β-unsaturated/α-hetero) is 1. The fourth-order valence-electron chi connectivity index (χ4n) is 3.91. The van der Waals surface area contributed by atoms with Gasteiger partial charge in [-0.2, -0.15) is 5.26 Å². The van der Waals surface area contributed by atoms with Gasteiger partial charge in [-0.1, -0.05) is 27.7 Å². The summed E-state index contributed by atoms with van der Waals surface area (Å²) in [6, 6.07) is 2.36. The lowest BCUT2D eigenvalue weighted by molar-refractivity contribution is -0.120. The fourth-order valence-corrected chi connectivity index (χ4v) is 3.91. The molecule has 0 saturated heterocycles. The van der Waals surface area contributed by atoms with Gasteiger partial charge in [0.2, 0.25) is 0 Å². The number of carbonyl (C=O) groups is 1. The van der Waals surface area contributed by atoms with Crippen LogP contribution in [0.2, 0.25) is 0 Å². The molecule has 0 aromatic carbocycles. The van der Waals surface area contributed by atoms with E-state index >= 15 is 0 Å². The molecule has 0 aliphatic heterocycles. The minimum absolute atomic E-state index is 0.366. The fraction of sp³-hybridized carbons (Fsp3) is 0.900. The van der Waals surface area contributed by atoms with Crippen LogP contribution in [-0.4, -0.2) is 5.78 Å². The lowest BCUT2D eigenvalue weighted by Gasteiger charge is -2.27. The largest absolute Gasteiger partial charge is 0.300 e. The van der Waals surface area contributed by atoms with Crippen LogP contribution in [0.3, 0.4) is 0 Å². The van der Waals surface area contributed by atoms with Crippen LogP contribution in [0.25, 0.3) is 0 Å². The number of hydrogen-bond donors (Lipinski definition) is 0. The van der Waals surface area contributed by atoms with E-state index in [1.165, 1.54) is 19.3 Å². The van der Waals surface area contributed by atoms with Crippen molar-refractivity contribution in [1.82, 2.24) is 0 Å². The minimum atomic E-state index is 0.366. The van der Waals surface area contributed by atoms with E-state index < -0.39 is 0 Å². The Morgan fingerprint density at radius 1 is 0.909 bits per heavy atom. The standard InChI is InChI=1S/C10H17N.C10H18O/c1-8(2)10-5-3-9(7-11)4-6-10;1-7(2)9-4-5-10(6-9)8(3)11/h8-10H,3-6H2,1-2H3;7,9-10H,4-6H2,1-3H3. The quantitative estimate of drug-likeness (QED) is 0.679. The Kier molecular flexibility index (Phi) is 8.15. The summed E-state index contributed by atoms with van der Waals surface area (Å²) in [7, 11) is 0. The summed E-state index contributed by atoms with van der Waals surface area (Å²) in [5.41, 5.74) is 0. The van der Waals surface area contributed by atoms with E-state index in [-0.39, 0.29) is 0 Å². The second-order valence-corrected chi connectivity index (χ2v) is 8.11. The highest BCUT2D eigenvalue weighted by Gasteiger charge is 2.29. The Labute approximate surface area is 137 Å². The number of rotatable bonds is 3. The number of carbonyl (C=O) groups excluding carboxylic acids is 1. The van der Waals surface area contributed by atoms with Gasteiger partial charge >= 0.3 is 0 Å². The molecule has 2 fully saturated rings. The number of hydrogen-bond acceptors (Lipinski definition) is 2. The monoisotopic (exact) mass is 305 g/mol. The van der Waals surface area contributed by atoms with Crippen LogP contribution in [0.4, 0.5) is 0 Å². The second-order valence-electron chi connectivity index (χ2n) is 8.11. The molecule has 0 amide bonds. The summed E-state index contributed by atoms with van der Waals surface area (Å²) in [4.78, 5) is 11.0. The maximum Gasteiger partial charge on any atom is 0.132 e. The molecule has 0 aromatic rings. The third-order valence-electron chi connectivity index (χ3n) is 5.89. The first-order chi connectivity index (χ1) is 10.3. The van der Waals surface area contributed by atoms with Gasteiger partial charge in [-0.25, -0.2) is 0 Å². The predicted molar refractivity (Wildman–Crippen MR) is 92.2 cm³/mol. The molecule has 2 aliphatic carbocycles. The smallest absolute Gasteiger partial charge is 0.132 e. The zero-order valence-electron chi connectivity index (χ0n) is 15.3. The van der Waals surface area contributed by atoms with Gasteiger partial charge < -0.3 is 0 Å². The first-order valence-corrected chi connectivity index (χ1v) is 9.25. The van der Waals surface area contributed by atoms with Crippen molar-refractivity contribution < 1.29 is 4.79 Å². The maximum atomic E-state index is 11.0. The summed E-state index contributed by atoms with van der Waals surface area (Å²) < 4.78 is 0. The van der Waals surface area contributed by atoms with Crippen LogP contribution < -0.4 is 0 Å². The molecule has 0 spiro atoms. The first-order valence-electron chi connectivity index (χ1n) is 9.25. The lowest BCUT2D eigenvalue weighted by Crippen LogP contribution is -2.17. The topological polar surface area (TPSA) is 40.9 Å². The zero-order chi connectivity index (χ0) is 16.7. The molecule has 2 nitrogen and oxygen atoms in total. The van der Waals surface area contributed by atoms with Crippen molar-refractivity contribution in [3.05, 3.63) is 0 Å². The Morgan fingerprint density at radius 2 is 1.41 bits per heavy atom. The third-order valence-corrected chi connectivity index (χ3v) is 5.89. The van der Waals surface area contributed by atoms with Gasteiger partial charge in [-0.3, -0.25) is 4.79 Å². The molecule has 2 heteroatoms. The average molecular weight is 306 g/mol.